The van der Waals surface area contributed by atoms with Gasteiger partial charge in [-0.15, -0.1) is 0 Å². The molecular weight excluding hydrogens is 414 g/mol. The number of hydrogen-bond donors (Lipinski definition) is 1. The Labute approximate surface area is 198 Å². The minimum atomic E-state index is -1.14. The third-order valence-corrected chi connectivity index (χ3v) is 7.86. The normalized spacial score (nSPS) is 24.7. The summed E-state index contributed by atoms with van der Waals surface area (Å²) in [6, 6.07) is 7.90. The first-order chi connectivity index (χ1) is 15.9. The number of hydrogen-bond acceptors (Lipinski definition) is 3. The molecule has 1 saturated heterocycles. The van der Waals surface area contributed by atoms with E-state index in [9.17, 15) is 14.4 Å². The quantitative estimate of drug-likeness (QED) is 0.597. The van der Waals surface area contributed by atoms with Gasteiger partial charge in [-0.1, -0.05) is 76.1 Å². The van der Waals surface area contributed by atoms with Gasteiger partial charge in [0.1, 0.15) is 12.1 Å². The van der Waals surface area contributed by atoms with E-state index in [2.05, 4.69) is 17.1 Å². The lowest BCUT2D eigenvalue weighted by Crippen LogP contribution is -2.53. The van der Waals surface area contributed by atoms with E-state index in [0.29, 0.717) is 0 Å². The molecule has 3 fully saturated rings. The topological polar surface area (TPSA) is 69.7 Å². The predicted molar refractivity (Wildman–Crippen MR) is 129 cm³/mol. The fraction of sp³-hybridized carbons (Fsp3) is 0.667. The highest BCUT2D eigenvalue weighted by atomic mass is 16.2. The first kappa shape index (κ1) is 23.8. The van der Waals surface area contributed by atoms with Crippen molar-refractivity contribution in [1.29, 1.82) is 0 Å². The molecule has 1 N–H and O–H groups in total. The van der Waals surface area contributed by atoms with Crippen molar-refractivity contribution in [2.24, 2.45) is 0 Å². The number of nitrogens with one attached hydrogen (secondary N) is 1. The van der Waals surface area contributed by atoms with Crippen molar-refractivity contribution in [3.05, 3.63) is 35.4 Å². The van der Waals surface area contributed by atoms with Crippen molar-refractivity contribution in [3.8, 4) is 0 Å². The largest absolute Gasteiger partial charge is 0.335 e. The number of benzene rings is 1. The molecule has 33 heavy (non-hydrogen) atoms. The Bertz CT molecular complexity index is 838. The second kappa shape index (κ2) is 10.3. The maximum atomic E-state index is 13.6. The third-order valence-electron chi connectivity index (χ3n) is 7.86. The van der Waals surface area contributed by atoms with Crippen molar-refractivity contribution >= 4 is 17.8 Å². The van der Waals surface area contributed by atoms with Crippen LogP contribution in [-0.4, -0.2) is 46.3 Å². The van der Waals surface area contributed by atoms with Crippen LogP contribution in [0.2, 0.25) is 0 Å². The summed E-state index contributed by atoms with van der Waals surface area (Å²) in [4.78, 5) is 43.1. The van der Waals surface area contributed by atoms with E-state index >= 15 is 0 Å². The van der Waals surface area contributed by atoms with Gasteiger partial charge in [-0.25, -0.2) is 4.79 Å². The van der Waals surface area contributed by atoms with E-state index < -0.39 is 11.6 Å². The first-order valence-corrected chi connectivity index (χ1v) is 13.0. The van der Waals surface area contributed by atoms with Crippen LogP contribution in [0.4, 0.5) is 4.79 Å². The summed E-state index contributed by atoms with van der Waals surface area (Å²) < 4.78 is 0. The zero-order chi connectivity index (χ0) is 23.4. The average molecular weight is 454 g/mol. The monoisotopic (exact) mass is 453 g/mol. The molecular formula is C27H39N3O3. The number of carbonyl (C=O) groups is 3. The van der Waals surface area contributed by atoms with Crippen LogP contribution in [0.25, 0.3) is 0 Å². The van der Waals surface area contributed by atoms with Crippen molar-refractivity contribution in [1.82, 2.24) is 15.1 Å². The summed E-state index contributed by atoms with van der Waals surface area (Å²) in [5.41, 5.74) is 0.833. The lowest BCUT2D eigenvalue weighted by Gasteiger charge is -2.42. The Morgan fingerprint density at radius 1 is 0.970 bits per heavy atom. The molecule has 1 aromatic carbocycles. The molecule has 2 aliphatic carbocycles. The van der Waals surface area contributed by atoms with E-state index in [4.69, 9.17) is 0 Å². The van der Waals surface area contributed by atoms with E-state index in [1.807, 2.05) is 24.3 Å². The van der Waals surface area contributed by atoms with Crippen molar-refractivity contribution in [3.63, 3.8) is 0 Å². The summed E-state index contributed by atoms with van der Waals surface area (Å²) in [5, 5.41) is 2.87. The molecule has 0 spiro atoms. The Balaban J connectivity index is 1.51. The molecule has 180 valence electrons. The molecule has 6 nitrogen and oxygen atoms in total. The van der Waals surface area contributed by atoms with E-state index in [-0.39, 0.29) is 30.4 Å². The van der Waals surface area contributed by atoms with Crippen LogP contribution in [0, 0.1) is 0 Å². The van der Waals surface area contributed by atoms with Gasteiger partial charge >= 0.3 is 6.03 Å². The first-order valence-electron chi connectivity index (χ1n) is 13.0. The molecule has 1 atom stereocenters. The lowest BCUT2D eigenvalue weighted by molar-refractivity contribution is -0.143. The van der Waals surface area contributed by atoms with Gasteiger partial charge in [0.2, 0.25) is 5.91 Å². The minimum absolute atomic E-state index is 0.0696. The van der Waals surface area contributed by atoms with Gasteiger partial charge in [-0.05, 0) is 50.2 Å². The summed E-state index contributed by atoms with van der Waals surface area (Å²) in [6.07, 6.45) is 13.2. The Kier molecular flexibility index (Phi) is 7.40. The molecule has 3 aliphatic rings. The maximum Gasteiger partial charge on any atom is 0.325 e. The standard InChI is InChI=1S/C27H39N3O3/c1-3-10-20-15-17-21(18-16-20)27(2)25(32)29(26(33)28-27)19-24(31)30(22-11-6-4-7-12-22)23-13-8-5-9-14-23/h15-18,22-23H,3-14,19H2,1-2H3,(H,28,33)/t27-/m0/s1. The van der Waals surface area contributed by atoms with Crippen LogP contribution >= 0.6 is 0 Å². The molecule has 1 aliphatic heterocycles. The highest BCUT2D eigenvalue weighted by molar-refractivity contribution is 6.09. The summed E-state index contributed by atoms with van der Waals surface area (Å²) in [7, 11) is 0. The van der Waals surface area contributed by atoms with Crippen LogP contribution in [0.1, 0.15) is 95.6 Å². The highest BCUT2D eigenvalue weighted by Gasteiger charge is 2.50. The van der Waals surface area contributed by atoms with Gasteiger partial charge in [0, 0.05) is 12.1 Å². The van der Waals surface area contributed by atoms with Crippen LogP contribution in [-0.2, 0) is 21.5 Å². The summed E-state index contributed by atoms with van der Waals surface area (Å²) in [5.74, 6) is -0.406. The fourth-order valence-electron chi connectivity index (χ4n) is 5.97. The number of nitrogens with zero attached hydrogens (tertiary/aromatic N) is 2. The van der Waals surface area contributed by atoms with E-state index in [0.717, 1.165) is 74.7 Å². The molecule has 0 aromatic heterocycles. The molecule has 0 unspecified atom stereocenters. The van der Waals surface area contributed by atoms with Crippen molar-refractivity contribution in [2.75, 3.05) is 6.54 Å². The fourth-order valence-corrected chi connectivity index (χ4v) is 5.97. The lowest BCUT2D eigenvalue weighted by atomic mass is 9.88. The van der Waals surface area contributed by atoms with Crippen LogP contribution in [0.3, 0.4) is 0 Å². The Morgan fingerprint density at radius 3 is 2.03 bits per heavy atom. The molecule has 1 heterocycles. The third kappa shape index (κ3) is 4.95. The van der Waals surface area contributed by atoms with Gasteiger partial charge in [0.05, 0.1) is 0 Å². The molecule has 0 radical (unpaired) electrons. The SMILES string of the molecule is CCCc1ccc([C@]2(C)NC(=O)N(CC(=O)N(C3CCCCC3)C3CCCCC3)C2=O)cc1. The smallest absolute Gasteiger partial charge is 0.325 e. The zero-order valence-electron chi connectivity index (χ0n) is 20.3. The van der Waals surface area contributed by atoms with E-state index in [1.165, 1.54) is 18.4 Å². The highest BCUT2D eigenvalue weighted by Crippen LogP contribution is 2.32. The van der Waals surface area contributed by atoms with Crippen LogP contribution in [0.15, 0.2) is 24.3 Å². The van der Waals surface area contributed by atoms with Crippen LogP contribution < -0.4 is 5.32 Å². The summed E-state index contributed by atoms with van der Waals surface area (Å²) >= 11 is 0. The molecule has 0 bridgehead atoms. The zero-order valence-corrected chi connectivity index (χ0v) is 20.3. The van der Waals surface area contributed by atoms with Crippen molar-refractivity contribution < 1.29 is 14.4 Å². The molecule has 2 saturated carbocycles. The second-order valence-electron chi connectivity index (χ2n) is 10.3. The number of imide groups is 1. The number of aryl methyl sites for hydroxylation is 1. The predicted octanol–water partition coefficient (Wildman–Crippen LogP) is 4.90. The second-order valence-corrected chi connectivity index (χ2v) is 10.3. The number of amides is 4. The number of carbonyl (C=O) groups excluding carboxylic acids is 3. The molecule has 4 amide bonds. The number of rotatable bonds is 7. The minimum Gasteiger partial charge on any atom is -0.335 e. The van der Waals surface area contributed by atoms with Gasteiger partial charge in [0.15, 0.2) is 0 Å². The Hall–Kier alpha value is -2.37. The van der Waals surface area contributed by atoms with Gasteiger partial charge in [0.25, 0.3) is 5.91 Å². The summed E-state index contributed by atoms with van der Waals surface area (Å²) in [6.45, 7) is 3.71. The molecule has 4 rings (SSSR count). The van der Waals surface area contributed by atoms with Crippen molar-refractivity contribution in [2.45, 2.75) is 109 Å². The number of urea groups is 1. The average Bonchev–Trinajstić information content (AvgIpc) is 3.05. The molecule has 6 heteroatoms. The van der Waals surface area contributed by atoms with Gasteiger partial charge in [-0.3, -0.25) is 14.5 Å². The van der Waals surface area contributed by atoms with Gasteiger partial charge < -0.3 is 10.2 Å². The maximum absolute atomic E-state index is 13.6. The Morgan fingerprint density at radius 2 is 1.52 bits per heavy atom. The molecule has 1 aromatic rings. The van der Waals surface area contributed by atoms with E-state index in [1.54, 1.807) is 6.92 Å². The van der Waals surface area contributed by atoms with Gasteiger partial charge in [-0.2, -0.15) is 0 Å². The van der Waals surface area contributed by atoms with Crippen LogP contribution in [0.5, 0.6) is 0 Å².